The van der Waals surface area contributed by atoms with Crippen LogP contribution in [0.1, 0.15) is 22.3 Å². The fourth-order valence-corrected chi connectivity index (χ4v) is 4.47. The number of hydrogen-bond acceptors (Lipinski definition) is 5. The second-order valence-corrected chi connectivity index (χ2v) is 8.30. The number of hydrogen-bond donors (Lipinski definition) is 0. The molecule has 30 heavy (non-hydrogen) atoms. The van der Waals surface area contributed by atoms with Crippen LogP contribution in [0.3, 0.4) is 0 Å². The molecule has 4 aromatic rings. The van der Waals surface area contributed by atoms with Gasteiger partial charge in [-0.3, -0.25) is 14.7 Å². The molecule has 0 radical (unpaired) electrons. The molecular formula is C24H23N3O2S. The number of thiazole rings is 1. The summed E-state index contributed by atoms with van der Waals surface area (Å²) in [5.74, 6) is 0.819. The van der Waals surface area contributed by atoms with Gasteiger partial charge in [0, 0.05) is 12.4 Å². The van der Waals surface area contributed by atoms with Gasteiger partial charge in [-0.25, -0.2) is 4.98 Å². The third-order valence-electron chi connectivity index (χ3n) is 4.94. The lowest BCUT2D eigenvalue weighted by Crippen LogP contribution is -2.31. The van der Waals surface area contributed by atoms with Crippen molar-refractivity contribution < 1.29 is 9.53 Å². The average Bonchev–Trinajstić information content (AvgIpc) is 3.15. The molecule has 0 N–H and O–H groups in total. The Labute approximate surface area is 180 Å². The van der Waals surface area contributed by atoms with Gasteiger partial charge in [-0.15, -0.1) is 0 Å². The number of aromatic nitrogens is 2. The predicted molar refractivity (Wildman–Crippen MR) is 121 cm³/mol. The van der Waals surface area contributed by atoms with E-state index in [9.17, 15) is 4.79 Å². The number of carbonyl (C=O) groups is 1. The zero-order valence-corrected chi connectivity index (χ0v) is 18.1. The molecule has 0 unspecified atom stereocenters. The molecule has 1 amide bonds. The molecule has 0 aliphatic carbocycles. The lowest BCUT2D eigenvalue weighted by Gasteiger charge is -2.20. The van der Waals surface area contributed by atoms with Crippen molar-refractivity contribution in [3.8, 4) is 5.75 Å². The van der Waals surface area contributed by atoms with Crippen LogP contribution in [0.4, 0.5) is 5.13 Å². The van der Waals surface area contributed by atoms with Gasteiger partial charge in [0.25, 0.3) is 0 Å². The maximum absolute atomic E-state index is 13.4. The van der Waals surface area contributed by atoms with Crippen LogP contribution in [0.15, 0.2) is 60.9 Å². The Hall–Kier alpha value is -3.25. The van der Waals surface area contributed by atoms with E-state index >= 15 is 0 Å². The molecule has 0 bridgehead atoms. The van der Waals surface area contributed by atoms with Crippen LogP contribution in [0.25, 0.3) is 10.2 Å². The number of ether oxygens (including phenoxy) is 1. The molecule has 0 spiro atoms. The smallest absolute Gasteiger partial charge is 0.233 e. The number of methoxy groups -OCH3 is 1. The van der Waals surface area contributed by atoms with Gasteiger partial charge in [0.05, 0.1) is 30.3 Å². The molecule has 4 rings (SSSR count). The predicted octanol–water partition coefficient (Wildman–Crippen LogP) is 5.09. The molecule has 152 valence electrons. The minimum Gasteiger partial charge on any atom is -0.496 e. The van der Waals surface area contributed by atoms with E-state index in [0.29, 0.717) is 18.1 Å². The molecule has 6 heteroatoms. The van der Waals surface area contributed by atoms with Gasteiger partial charge in [0.15, 0.2) is 5.13 Å². The van der Waals surface area contributed by atoms with E-state index in [1.807, 2.05) is 49.4 Å². The molecule has 0 saturated carbocycles. The number of aryl methyl sites for hydroxylation is 2. The maximum atomic E-state index is 13.4. The van der Waals surface area contributed by atoms with E-state index in [4.69, 9.17) is 9.72 Å². The van der Waals surface area contributed by atoms with Gasteiger partial charge < -0.3 is 4.74 Å². The van der Waals surface area contributed by atoms with Crippen LogP contribution in [0.5, 0.6) is 5.75 Å². The quantitative estimate of drug-likeness (QED) is 0.438. The first-order chi connectivity index (χ1) is 14.5. The Balaban J connectivity index is 1.66. The summed E-state index contributed by atoms with van der Waals surface area (Å²) in [5, 5.41) is 0.703. The third kappa shape index (κ3) is 4.33. The van der Waals surface area contributed by atoms with E-state index in [2.05, 4.69) is 18.0 Å². The van der Waals surface area contributed by atoms with E-state index in [0.717, 1.165) is 32.7 Å². The highest BCUT2D eigenvalue weighted by Gasteiger charge is 2.21. The van der Waals surface area contributed by atoms with Gasteiger partial charge in [0.2, 0.25) is 5.91 Å². The lowest BCUT2D eigenvalue weighted by molar-refractivity contribution is -0.118. The Bertz CT molecular complexity index is 1190. The summed E-state index contributed by atoms with van der Waals surface area (Å²) in [6, 6.07) is 15.9. The first-order valence-corrected chi connectivity index (χ1v) is 10.5. The zero-order chi connectivity index (χ0) is 21.1. The lowest BCUT2D eigenvalue weighted by atomic mass is 10.1. The van der Waals surface area contributed by atoms with Crippen molar-refractivity contribution in [3.05, 3.63) is 83.2 Å². The molecule has 2 heterocycles. The Morgan fingerprint density at radius 1 is 1.10 bits per heavy atom. The maximum Gasteiger partial charge on any atom is 0.233 e. The van der Waals surface area contributed by atoms with Gasteiger partial charge in [-0.05, 0) is 60.4 Å². The number of anilines is 1. The highest BCUT2D eigenvalue weighted by molar-refractivity contribution is 7.22. The van der Waals surface area contributed by atoms with Crippen molar-refractivity contribution in [1.82, 2.24) is 9.97 Å². The zero-order valence-electron chi connectivity index (χ0n) is 17.3. The van der Waals surface area contributed by atoms with Crippen LogP contribution in [-0.4, -0.2) is 23.0 Å². The highest BCUT2D eigenvalue weighted by atomic mass is 32.1. The molecule has 2 aromatic heterocycles. The van der Waals surface area contributed by atoms with E-state index in [-0.39, 0.29) is 5.91 Å². The van der Waals surface area contributed by atoms with E-state index in [1.54, 1.807) is 35.7 Å². The van der Waals surface area contributed by atoms with Crippen molar-refractivity contribution in [2.45, 2.75) is 26.8 Å². The second-order valence-electron chi connectivity index (χ2n) is 7.29. The number of amides is 1. The number of fused-ring (bicyclic) bond motifs is 1. The summed E-state index contributed by atoms with van der Waals surface area (Å²) in [7, 11) is 1.65. The fraction of sp³-hybridized carbons (Fsp3) is 0.208. The summed E-state index contributed by atoms with van der Waals surface area (Å²) in [6.45, 7) is 4.47. The van der Waals surface area contributed by atoms with Crippen LogP contribution in [0, 0.1) is 13.8 Å². The van der Waals surface area contributed by atoms with E-state index in [1.165, 1.54) is 5.56 Å². The molecule has 0 atom stereocenters. The highest BCUT2D eigenvalue weighted by Crippen LogP contribution is 2.31. The standard InChI is InChI=1S/C24H23N3O2S/c1-16-6-8-20-22(11-16)30-24(26-20)27(15-19-5-4-10-25-14-19)23(28)13-18-7-9-21(29-3)17(2)12-18/h4-12,14H,13,15H2,1-3H3. The molecule has 0 aliphatic heterocycles. The van der Waals surface area contributed by atoms with Crippen LogP contribution in [-0.2, 0) is 17.8 Å². The molecule has 5 nitrogen and oxygen atoms in total. The van der Waals surface area contributed by atoms with Gasteiger partial charge in [-0.1, -0.05) is 35.6 Å². The summed E-state index contributed by atoms with van der Waals surface area (Å²) >= 11 is 1.54. The van der Waals surface area contributed by atoms with Gasteiger partial charge in [0.1, 0.15) is 5.75 Å². The molecule has 0 saturated heterocycles. The topological polar surface area (TPSA) is 55.3 Å². The van der Waals surface area contributed by atoms with Crippen LogP contribution in [0.2, 0.25) is 0 Å². The summed E-state index contributed by atoms with van der Waals surface area (Å²) in [4.78, 5) is 24.1. The SMILES string of the molecule is COc1ccc(CC(=O)N(Cc2cccnc2)c2nc3ccc(C)cc3s2)cc1C. The summed E-state index contributed by atoms with van der Waals surface area (Å²) in [5.41, 5.74) is 5.01. The van der Waals surface area contributed by atoms with Crippen molar-refractivity contribution in [2.24, 2.45) is 0 Å². The van der Waals surface area contributed by atoms with Gasteiger partial charge in [-0.2, -0.15) is 0 Å². The van der Waals surface area contributed by atoms with E-state index < -0.39 is 0 Å². The summed E-state index contributed by atoms with van der Waals surface area (Å²) in [6.07, 6.45) is 3.81. The number of rotatable bonds is 6. The van der Waals surface area contributed by atoms with Crippen LogP contribution >= 0.6 is 11.3 Å². The molecule has 2 aromatic carbocycles. The monoisotopic (exact) mass is 417 g/mol. The Morgan fingerprint density at radius 3 is 2.70 bits per heavy atom. The van der Waals surface area contributed by atoms with Gasteiger partial charge >= 0.3 is 0 Å². The summed E-state index contributed by atoms with van der Waals surface area (Å²) < 4.78 is 6.41. The van der Waals surface area contributed by atoms with Crippen LogP contribution < -0.4 is 9.64 Å². The minimum absolute atomic E-state index is 0.000743. The number of nitrogens with zero attached hydrogens (tertiary/aromatic N) is 3. The Kier molecular flexibility index (Phi) is 5.77. The van der Waals surface area contributed by atoms with Crippen molar-refractivity contribution in [1.29, 1.82) is 0 Å². The molecular weight excluding hydrogens is 394 g/mol. The fourth-order valence-electron chi connectivity index (χ4n) is 3.39. The normalized spacial score (nSPS) is 10.9. The molecule has 0 fully saturated rings. The first-order valence-electron chi connectivity index (χ1n) is 9.73. The number of pyridine rings is 1. The van der Waals surface area contributed by atoms with Crippen molar-refractivity contribution >= 4 is 32.6 Å². The Morgan fingerprint density at radius 2 is 1.97 bits per heavy atom. The average molecular weight is 418 g/mol. The molecule has 0 aliphatic rings. The number of benzene rings is 2. The van der Waals surface area contributed by atoms with Crippen molar-refractivity contribution in [2.75, 3.05) is 12.0 Å². The third-order valence-corrected chi connectivity index (χ3v) is 5.98. The first kappa shape index (κ1) is 20.0. The largest absolute Gasteiger partial charge is 0.496 e. The number of carbonyl (C=O) groups excluding carboxylic acids is 1. The second kappa shape index (κ2) is 8.63. The van der Waals surface area contributed by atoms with Crippen molar-refractivity contribution in [3.63, 3.8) is 0 Å². The minimum atomic E-state index is -0.000743.